The summed E-state index contributed by atoms with van der Waals surface area (Å²) in [4.78, 5) is 12.8. The van der Waals surface area contributed by atoms with Crippen LogP contribution in [0.1, 0.15) is 23.7 Å². The molecule has 0 bridgehead atoms. The maximum Gasteiger partial charge on any atom is 0.142 e. The molecule has 1 atom stereocenters. The van der Waals surface area contributed by atoms with Gasteiger partial charge in [0.1, 0.15) is 16.9 Å². The zero-order valence-electron chi connectivity index (χ0n) is 10.6. The average molecular weight is 277 g/mol. The van der Waals surface area contributed by atoms with E-state index in [9.17, 15) is 0 Å². The Kier molecular flexibility index (Phi) is 2.95. The van der Waals surface area contributed by atoms with Crippen LogP contribution in [0.25, 0.3) is 0 Å². The summed E-state index contributed by atoms with van der Waals surface area (Å²) in [5, 5.41) is 5.17. The molecule has 5 heteroatoms. The van der Waals surface area contributed by atoms with Crippen molar-refractivity contribution in [3.05, 3.63) is 32.9 Å². The Labute approximate surface area is 115 Å². The molecule has 0 amide bonds. The Morgan fingerprint density at radius 1 is 1.28 bits per heavy atom. The van der Waals surface area contributed by atoms with Crippen molar-refractivity contribution in [1.29, 1.82) is 0 Å². The summed E-state index contributed by atoms with van der Waals surface area (Å²) in [5.74, 6) is 0.484. The van der Waals surface area contributed by atoms with E-state index in [4.69, 9.17) is 4.99 Å². The minimum atomic E-state index is 0.200. The summed E-state index contributed by atoms with van der Waals surface area (Å²) in [6.07, 6.45) is 2.05. The molecule has 94 valence electrons. The molecular formula is C13H15N3S2. The Bertz CT molecular complexity index is 569. The normalized spacial score (nSPS) is 19.0. The highest BCUT2D eigenvalue weighted by Gasteiger charge is 2.29. The highest BCUT2D eigenvalue weighted by Crippen LogP contribution is 2.35. The Morgan fingerprint density at radius 3 is 2.78 bits per heavy atom. The van der Waals surface area contributed by atoms with Crippen molar-refractivity contribution in [2.75, 3.05) is 11.9 Å². The minimum Gasteiger partial charge on any atom is -0.351 e. The van der Waals surface area contributed by atoms with Gasteiger partial charge in [0.15, 0.2) is 0 Å². The Balaban J connectivity index is 2.14. The van der Waals surface area contributed by atoms with Crippen LogP contribution in [0.2, 0.25) is 0 Å². The van der Waals surface area contributed by atoms with E-state index in [1.807, 2.05) is 11.6 Å². The maximum atomic E-state index is 4.92. The van der Waals surface area contributed by atoms with Gasteiger partial charge >= 0.3 is 0 Å². The molecular weight excluding hydrogens is 262 g/mol. The van der Waals surface area contributed by atoms with Gasteiger partial charge in [-0.25, -0.2) is 4.98 Å². The molecule has 0 radical (unpaired) electrons. The van der Waals surface area contributed by atoms with Gasteiger partial charge in [-0.1, -0.05) is 13.8 Å². The van der Waals surface area contributed by atoms with E-state index in [1.54, 1.807) is 22.7 Å². The third-order valence-electron chi connectivity index (χ3n) is 3.13. The third-order valence-corrected chi connectivity index (χ3v) is 4.82. The fourth-order valence-electron chi connectivity index (χ4n) is 2.27. The van der Waals surface area contributed by atoms with Gasteiger partial charge in [-0.15, -0.1) is 22.7 Å². The SMILES string of the molecule is CC(C)C1N=C(c2nccs2)c2sccc2N1C. The number of aromatic nitrogens is 1. The fraction of sp³-hybridized carbons (Fsp3) is 0.385. The zero-order chi connectivity index (χ0) is 12.7. The van der Waals surface area contributed by atoms with E-state index >= 15 is 0 Å². The molecule has 3 rings (SSSR count). The van der Waals surface area contributed by atoms with Crippen LogP contribution in [0.5, 0.6) is 0 Å². The van der Waals surface area contributed by atoms with E-state index in [0.717, 1.165) is 10.7 Å². The number of thiazole rings is 1. The molecule has 0 fully saturated rings. The molecule has 3 nitrogen and oxygen atoms in total. The van der Waals surface area contributed by atoms with Crippen molar-refractivity contribution >= 4 is 34.1 Å². The van der Waals surface area contributed by atoms with Crippen molar-refractivity contribution < 1.29 is 0 Å². The summed E-state index contributed by atoms with van der Waals surface area (Å²) in [6, 6.07) is 2.18. The summed E-state index contributed by atoms with van der Waals surface area (Å²) >= 11 is 3.40. The number of anilines is 1. The monoisotopic (exact) mass is 277 g/mol. The fourth-order valence-corrected chi connectivity index (χ4v) is 3.90. The summed E-state index contributed by atoms with van der Waals surface area (Å²) in [5.41, 5.74) is 2.34. The molecule has 1 aliphatic heterocycles. The van der Waals surface area contributed by atoms with Gasteiger partial charge in [-0.05, 0) is 17.4 Å². The molecule has 0 saturated carbocycles. The lowest BCUT2D eigenvalue weighted by atomic mass is 10.1. The molecule has 3 heterocycles. The Hall–Kier alpha value is -1.20. The van der Waals surface area contributed by atoms with E-state index in [2.05, 4.69) is 42.2 Å². The van der Waals surface area contributed by atoms with Gasteiger partial charge in [0.05, 0.1) is 10.6 Å². The molecule has 18 heavy (non-hydrogen) atoms. The quantitative estimate of drug-likeness (QED) is 0.841. The van der Waals surface area contributed by atoms with Gasteiger partial charge in [0.25, 0.3) is 0 Å². The van der Waals surface area contributed by atoms with Crippen LogP contribution in [0.4, 0.5) is 5.69 Å². The van der Waals surface area contributed by atoms with Crippen LogP contribution < -0.4 is 4.90 Å². The van der Waals surface area contributed by atoms with Crippen LogP contribution in [-0.4, -0.2) is 23.9 Å². The standard InChI is InChI=1S/C13H15N3S2/c1-8(2)12-15-10(13-14-5-7-18-13)11-9(16(12)3)4-6-17-11/h4-8,12H,1-3H3. The molecule has 0 spiro atoms. The van der Waals surface area contributed by atoms with Crippen LogP contribution in [-0.2, 0) is 0 Å². The molecule has 2 aromatic rings. The van der Waals surface area contributed by atoms with Crippen molar-refractivity contribution in [2.24, 2.45) is 10.9 Å². The van der Waals surface area contributed by atoms with Crippen LogP contribution in [0, 0.1) is 5.92 Å². The van der Waals surface area contributed by atoms with Gasteiger partial charge in [-0.3, -0.25) is 4.99 Å². The molecule has 0 aliphatic carbocycles. The van der Waals surface area contributed by atoms with E-state index < -0.39 is 0 Å². The molecule has 0 N–H and O–H groups in total. The smallest absolute Gasteiger partial charge is 0.142 e. The predicted molar refractivity (Wildman–Crippen MR) is 79.1 cm³/mol. The van der Waals surface area contributed by atoms with Crippen molar-refractivity contribution in [3.63, 3.8) is 0 Å². The number of rotatable bonds is 2. The van der Waals surface area contributed by atoms with Crippen LogP contribution >= 0.6 is 22.7 Å². The van der Waals surface area contributed by atoms with Crippen molar-refractivity contribution in [3.8, 4) is 0 Å². The summed E-state index contributed by atoms with van der Waals surface area (Å²) in [6.45, 7) is 4.42. The van der Waals surface area contributed by atoms with Gasteiger partial charge in [0.2, 0.25) is 0 Å². The molecule has 1 aliphatic rings. The molecule has 0 saturated heterocycles. The lowest BCUT2D eigenvalue weighted by Gasteiger charge is -2.34. The van der Waals surface area contributed by atoms with Crippen LogP contribution in [0.3, 0.4) is 0 Å². The first-order chi connectivity index (χ1) is 8.68. The minimum absolute atomic E-state index is 0.200. The number of hydrogen-bond donors (Lipinski definition) is 0. The first kappa shape index (κ1) is 11.9. The first-order valence-electron chi connectivity index (χ1n) is 5.97. The van der Waals surface area contributed by atoms with Gasteiger partial charge in [0, 0.05) is 18.6 Å². The zero-order valence-corrected chi connectivity index (χ0v) is 12.3. The lowest BCUT2D eigenvalue weighted by molar-refractivity contribution is 0.486. The van der Waals surface area contributed by atoms with Gasteiger partial charge in [-0.2, -0.15) is 0 Å². The number of thiophene rings is 1. The van der Waals surface area contributed by atoms with E-state index in [1.165, 1.54) is 10.6 Å². The molecule has 1 unspecified atom stereocenters. The average Bonchev–Trinajstić information content (AvgIpc) is 3.00. The van der Waals surface area contributed by atoms with Crippen LogP contribution in [0.15, 0.2) is 28.0 Å². The second-order valence-electron chi connectivity index (χ2n) is 4.72. The lowest BCUT2D eigenvalue weighted by Crippen LogP contribution is -2.38. The number of hydrogen-bond acceptors (Lipinski definition) is 5. The number of aliphatic imine (C=N–C) groups is 1. The van der Waals surface area contributed by atoms with E-state index in [-0.39, 0.29) is 6.17 Å². The van der Waals surface area contributed by atoms with Gasteiger partial charge < -0.3 is 4.90 Å². The number of nitrogens with zero attached hydrogens (tertiary/aromatic N) is 3. The largest absolute Gasteiger partial charge is 0.351 e. The third kappa shape index (κ3) is 1.78. The summed E-state index contributed by atoms with van der Waals surface area (Å²) < 4.78 is 0. The topological polar surface area (TPSA) is 28.5 Å². The van der Waals surface area contributed by atoms with E-state index in [0.29, 0.717) is 5.92 Å². The highest BCUT2D eigenvalue weighted by atomic mass is 32.1. The second kappa shape index (κ2) is 4.48. The summed E-state index contributed by atoms with van der Waals surface area (Å²) in [7, 11) is 2.12. The highest BCUT2D eigenvalue weighted by molar-refractivity contribution is 7.16. The van der Waals surface area contributed by atoms with Crippen molar-refractivity contribution in [1.82, 2.24) is 4.98 Å². The first-order valence-corrected chi connectivity index (χ1v) is 7.72. The predicted octanol–water partition coefficient (Wildman–Crippen LogP) is 3.47. The molecule has 0 aromatic carbocycles. The second-order valence-corrected chi connectivity index (χ2v) is 6.53. The maximum absolute atomic E-state index is 4.92. The Morgan fingerprint density at radius 2 is 2.11 bits per heavy atom. The van der Waals surface area contributed by atoms with Crippen molar-refractivity contribution in [2.45, 2.75) is 20.0 Å². The molecule has 2 aromatic heterocycles. The number of fused-ring (bicyclic) bond motifs is 1.